The zero-order chi connectivity index (χ0) is 17.1. The summed E-state index contributed by atoms with van der Waals surface area (Å²) >= 11 is 1.34. The fraction of sp³-hybridized carbons (Fsp3) is 0.250. The Labute approximate surface area is 143 Å². The molecule has 0 saturated carbocycles. The molecule has 1 N–H and O–H groups in total. The summed E-state index contributed by atoms with van der Waals surface area (Å²) in [6.07, 6.45) is 0. The van der Waals surface area contributed by atoms with Crippen LogP contribution in [0.4, 0.5) is 5.82 Å². The van der Waals surface area contributed by atoms with Crippen LogP contribution in [-0.2, 0) is 11.8 Å². The molecule has 0 fully saturated rings. The Morgan fingerprint density at radius 3 is 2.58 bits per heavy atom. The molecule has 0 spiro atoms. The van der Waals surface area contributed by atoms with Crippen molar-refractivity contribution in [3.05, 3.63) is 53.5 Å². The van der Waals surface area contributed by atoms with Crippen LogP contribution in [0.5, 0.6) is 0 Å². The van der Waals surface area contributed by atoms with E-state index in [-0.39, 0.29) is 5.91 Å². The summed E-state index contributed by atoms with van der Waals surface area (Å²) in [6.45, 7) is 3.64. The van der Waals surface area contributed by atoms with Crippen molar-refractivity contribution < 1.29 is 9.32 Å². The lowest BCUT2D eigenvalue weighted by Gasteiger charge is -2.15. The van der Waals surface area contributed by atoms with E-state index >= 15 is 0 Å². The van der Waals surface area contributed by atoms with E-state index in [1.165, 1.54) is 11.8 Å². The highest BCUT2D eigenvalue weighted by Gasteiger charge is 2.25. The van der Waals surface area contributed by atoms with Crippen LogP contribution in [0.3, 0.4) is 0 Å². The lowest BCUT2D eigenvalue weighted by Crippen LogP contribution is -2.19. The number of carbonyl (C=O) groups excluding carboxylic acids is 1. The molecule has 8 heteroatoms. The van der Waals surface area contributed by atoms with E-state index in [0.717, 1.165) is 11.4 Å². The van der Waals surface area contributed by atoms with Gasteiger partial charge >= 0.3 is 0 Å². The molecule has 0 aliphatic rings. The molecule has 1 aromatic carbocycles. The van der Waals surface area contributed by atoms with Crippen LogP contribution >= 0.6 is 11.8 Å². The van der Waals surface area contributed by atoms with Gasteiger partial charge in [-0.3, -0.25) is 4.79 Å². The number of amides is 1. The predicted octanol–water partition coefficient (Wildman–Crippen LogP) is 2.89. The quantitative estimate of drug-likeness (QED) is 0.717. The van der Waals surface area contributed by atoms with Gasteiger partial charge in [0, 0.05) is 13.1 Å². The second kappa shape index (κ2) is 6.88. The maximum absolute atomic E-state index is 12.8. The van der Waals surface area contributed by atoms with Crippen LogP contribution in [0, 0.1) is 13.8 Å². The van der Waals surface area contributed by atoms with Crippen LogP contribution in [-0.4, -0.2) is 25.8 Å². The normalized spacial score (nSPS) is 12.1. The van der Waals surface area contributed by atoms with Crippen molar-refractivity contribution in [2.45, 2.75) is 24.3 Å². The fourth-order valence-corrected chi connectivity index (χ4v) is 3.16. The lowest BCUT2D eigenvalue weighted by atomic mass is 10.1. The average Bonchev–Trinajstić information content (AvgIpc) is 3.12. The van der Waals surface area contributed by atoms with E-state index in [1.54, 1.807) is 13.0 Å². The molecule has 0 aliphatic carbocycles. The van der Waals surface area contributed by atoms with Gasteiger partial charge in [-0.2, -0.15) is 0 Å². The van der Waals surface area contributed by atoms with E-state index in [0.29, 0.717) is 16.7 Å². The van der Waals surface area contributed by atoms with Crippen molar-refractivity contribution in [2.24, 2.45) is 7.05 Å². The van der Waals surface area contributed by atoms with Gasteiger partial charge < -0.3 is 14.4 Å². The minimum absolute atomic E-state index is 0.194. The summed E-state index contributed by atoms with van der Waals surface area (Å²) in [4.78, 5) is 12.8. The molecule has 0 radical (unpaired) electrons. The van der Waals surface area contributed by atoms with Gasteiger partial charge in [0.2, 0.25) is 5.91 Å². The number of nitrogens with zero attached hydrogens (tertiary/aromatic N) is 4. The monoisotopic (exact) mass is 343 g/mol. The molecule has 3 aromatic rings. The number of hydrogen-bond donors (Lipinski definition) is 1. The third-order valence-corrected chi connectivity index (χ3v) is 4.78. The Bertz CT molecular complexity index is 843. The van der Waals surface area contributed by atoms with Gasteiger partial charge in [0.05, 0.1) is 0 Å². The number of anilines is 1. The van der Waals surface area contributed by atoms with Crippen LogP contribution < -0.4 is 5.32 Å². The Morgan fingerprint density at radius 2 is 2.00 bits per heavy atom. The van der Waals surface area contributed by atoms with Gasteiger partial charge in [-0.25, -0.2) is 0 Å². The molecule has 2 aromatic heterocycles. The zero-order valence-electron chi connectivity index (χ0n) is 13.6. The van der Waals surface area contributed by atoms with Crippen LogP contribution in [0.15, 0.2) is 46.1 Å². The largest absolute Gasteiger partial charge is 0.360 e. The maximum atomic E-state index is 12.8. The summed E-state index contributed by atoms with van der Waals surface area (Å²) in [5.41, 5.74) is 0.876. The highest BCUT2D eigenvalue weighted by Crippen LogP contribution is 2.35. The molecule has 1 atom stereocenters. The number of aryl methyl sites for hydroxylation is 2. The Kier molecular flexibility index (Phi) is 4.66. The number of thioether (sulfide) groups is 1. The van der Waals surface area contributed by atoms with E-state index in [2.05, 4.69) is 20.7 Å². The lowest BCUT2D eigenvalue weighted by molar-refractivity contribution is -0.115. The number of carbonyl (C=O) groups is 1. The zero-order valence-corrected chi connectivity index (χ0v) is 14.4. The van der Waals surface area contributed by atoms with E-state index in [4.69, 9.17) is 4.52 Å². The number of nitrogens with one attached hydrogen (secondary N) is 1. The predicted molar refractivity (Wildman–Crippen MR) is 90.6 cm³/mol. The third kappa shape index (κ3) is 3.48. The summed E-state index contributed by atoms with van der Waals surface area (Å²) in [7, 11) is 1.87. The van der Waals surface area contributed by atoms with Crippen LogP contribution in [0.1, 0.15) is 22.4 Å². The molecular weight excluding hydrogens is 326 g/mol. The first-order valence-corrected chi connectivity index (χ1v) is 8.24. The van der Waals surface area contributed by atoms with Gasteiger partial charge in [-0.15, -0.1) is 10.2 Å². The van der Waals surface area contributed by atoms with Crippen LogP contribution in [0.25, 0.3) is 0 Å². The molecule has 1 unspecified atom stereocenters. The number of aromatic nitrogens is 4. The van der Waals surface area contributed by atoms with Gasteiger partial charge in [0.25, 0.3) is 0 Å². The highest BCUT2D eigenvalue weighted by molar-refractivity contribution is 8.00. The minimum Gasteiger partial charge on any atom is -0.360 e. The summed E-state index contributed by atoms with van der Waals surface area (Å²) in [5, 5.41) is 15.0. The first kappa shape index (κ1) is 16.3. The summed E-state index contributed by atoms with van der Waals surface area (Å²) in [6, 6.07) is 11.2. The molecule has 2 heterocycles. The number of benzene rings is 1. The Balaban J connectivity index is 1.87. The molecule has 1 amide bonds. The molecule has 24 heavy (non-hydrogen) atoms. The van der Waals surface area contributed by atoms with E-state index < -0.39 is 5.25 Å². The molecule has 0 aliphatic heterocycles. The first-order valence-electron chi connectivity index (χ1n) is 7.36. The maximum Gasteiger partial charge on any atom is 0.243 e. The van der Waals surface area contributed by atoms with E-state index in [9.17, 15) is 4.79 Å². The van der Waals surface area contributed by atoms with Crippen molar-refractivity contribution in [1.29, 1.82) is 0 Å². The second-order valence-electron chi connectivity index (χ2n) is 5.31. The smallest absolute Gasteiger partial charge is 0.243 e. The van der Waals surface area contributed by atoms with Crippen molar-refractivity contribution in [3.63, 3.8) is 0 Å². The molecule has 0 saturated heterocycles. The first-order chi connectivity index (χ1) is 11.5. The summed E-state index contributed by atoms with van der Waals surface area (Å²) < 4.78 is 6.85. The second-order valence-corrected chi connectivity index (χ2v) is 6.38. The van der Waals surface area contributed by atoms with Crippen molar-refractivity contribution >= 4 is 23.5 Å². The molecular formula is C16H17N5O2S. The van der Waals surface area contributed by atoms with Crippen LogP contribution in [0.2, 0.25) is 0 Å². The van der Waals surface area contributed by atoms with Gasteiger partial charge in [0.1, 0.15) is 16.8 Å². The van der Waals surface area contributed by atoms with Crippen molar-refractivity contribution in [2.75, 3.05) is 5.32 Å². The highest BCUT2D eigenvalue weighted by atomic mass is 32.2. The molecule has 3 rings (SSSR count). The summed E-state index contributed by atoms with van der Waals surface area (Å²) in [5.74, 6) is 1.63. The fourth-order valence-electron chi connectivity index (χ4n) is 2.11. The standard InChI is InChI=1S/C16H17N5O2S/c1-10-9-13(20-23-10)17-15(22)14(12-7-5-4-6-8-12)24-16-19-18-11(2)21(16)3/h4-9,14H,1-3H3,(H,17,20,22). The average molecular weight is 343 g/mol. The molecule has 7 nitrogen and oxygen atoms in total. The third-order valence-electron chi connectivity index (χ3n) is 3.50. The Morgan fingerprint density at radius 1 is 1.25 bits per heavy atom. The van der Waals surface area contributed by atoms with Gasteiger partial charge in [-0.1, -0.05) is 47.3 Å². The van der Waals surface area contributed by atoms with Crippen molar-refractivity contribution in [3.8, 4) is 0 Å². The van der Waals surface area contributed by atoms with Crippen molar-refractivity contribution in [1.82, 2.24) is 19.9 Å². The number of hydrogen-bond acceptors (Lipinski definition) is 6. The SMILES string of the molecule is Cc1cc(NC(=O)C(Sc2nnc(C)n2C)c2ccccc2)no1. The van der Waals surface area contributed by atoms with Gasteiger partial charge in [0.15, 0.2) is 11.0 Å². The molecule has 124 valence electrons. The topological polar surface area (TPSA) is 85.8 Å². The number of rotatable bonds is 5. The van der Waals surface area contributed by atoms with Gasteiger partial charge in [-0.05, 0) is 19.4 Å². The minimum atomic E-state index is -0.481. The molecule has 0 bridgehead atoms. The Hall–Kier alpha value is -2.61. The van der Waals surface area contributed by atoms with E-state index in [1.807, 2.05) is 48.9 Å².